The molecule has 0 rings (SSSR count). The first-order chi connectivity index (χ1) is 6.31. The van der Waals surface area contributed by atoms with Crippen molar-refractivity contribution in [1.82, 2.24) is 0 Å². The summed E-state index contributed by atoms with van der Waals surface area (Å²) in [5.74, 6) is 1.03. The van der Waals surface area contributed by atoms with Crippen LogP contribution in [0.2, 0.25) is 0 Å². The van der Waals surface area contributed by atoms with Crippen LogP contribution >= 0.6 is 22.5 Å². The zero-order valence-corrected chi connectivity index (χ0v) is 9.83. The fourth-order valence-electron chi connectivity index (χ4n) is 1.07. The van der Waals surface area contributed by atoms with Gasteiger partial charge in [-0.2, -0.15) is 0 Å². The molecule has 0 aliphatic carbocycles. The summed E-state index contributed by atoms with van der Waals surface area (Å²) in [6, 6.07) is 0. The minimum atomic E-state index is -0.0917. The minimum absolute atomic E-state index is 0.0917. The van der Waals surface area contributed by atoms with Gasteiger partial charge < -0.3 is 4.74 Å². The Bertz CT molecular complexity index is 129. The Morgan fingerprint density at radius 2 is 1.85 bits per heavy atom. The summed E-state index contributed by atoms with van der Waals surface area (Å²) in [6.07, 6.45) is 6.34. The molecule has 0 radical (unpaired) electrons. The van der Waals surface area contributed by atoms with Crippen LogP contribution in [-0.4, -0.2) is 18.8 Å². The zero-order valence-electron chi connectivity index (χ0n) is 8.12. The smallest absolute Gasteiger partial charge is 0.305 e. The average Bonchev–Trinajstić information content (AvgIpc) is 2.16. The van der Waals surface area contributed by atoms with Crippen molar-refractivity contribution in [2.75, 3.05) is 12.9 Å². The van der Waals surface area contributed by atoms with E-state index in [2.05, 4.69) is 16.4 Å². The van der Waals surface area contributed by atoms with Crippen LogP contribution in [0.15, 0.2) is 0 Å². The monoisotopic (exact) mass is 222 g/mol. The first kappa shape index (κ1) is 13.2. The number of carbonyl (C=O) groups excluding carboxylic acids is 1. The third-order valence-electron chi connectivity index (χ3n) is 1.84. The van der Waals surface area contributed by atoms with Crippen LogP contribution in [0, 0.1) is 0 Å². The van der Waals surface area contributed by atoms with Gasteiger partial charge in [-0.25, -0.2) is 0 Å². The lowest BCUT2D eigenvalue weighted by Crippen LogP contribution is -1.99. The van der Waals surface area contributed by atoms with E-state index in [4.69, 9.17) is 0 Å². The van der Waals surface area contributed by atoms with Gasteiger partial charge in [0.25, 0.3) is 0 Å². The number of ether oxygens (including phenoxy) is 1. The predicted molar refractivity (Wildman–Crippen MR) is 61.2 cm³/mol. The molecule has 4 heteroatoms. The Hall–Kier alpha value is 0.170. The second kappa shape index (κ2) is 10.3. The maximum atomic E-state index is 10.7. The summed E-state index contributed by atoms with van der Waals surface area (Å²) in [6.45, 7) is 0. The number of carbonyl (C=O) groups is 1. The Morgan fingerprint density at radius 3 is 2.46 bits per heavy atom. The molecule has 0 saturated heterocycles. The van der Waals surface area contributed by atoms with Crippen LogP contribution in [0.3, 0.4) is 0 Å². The lowest BCUT2D eigenvalue weighted by molar-refractivity contribution is -0.140. The molecule has 0 aliphatic rings. The molecule has 0 N–H and O–H groups in total. The number of hydrogen-bond acceptors (Lipinski definition) is 4. The van der Waals surface area contributed by atoms with Crippen molar-refractivity contribution >= 4 is 28.4 Å². The van der Waals surface area contributed by atoms with E-state index >= 15 is 0 Å². The van der Waals surface area contributed by atoms with Crippen molar-refractivity contribution in [1.29, 1.82) is 0 Å². The largest absolute Gasteiger partial charge is 0.469 e. The Kier molecular flexibility index (Phi) is 10.4. The standard InChI is InChI=1S/C9H18O2S2/c1-11-9(10)7-5-3-2-4-6-8-13-12/h12H,2-8H2,1H3. The Labute approximate surface area is 89.6 Å². The number of methoxy groups -OCH3 is 1. The molecule has 0 amide bonds. The van der Waals surface area contributed by atoms with E-state index in [0.717, 1.165) is 18.6 Å². The number of hydrogen-bond donors (Lipinski definition) is 1. The number of unbranched alkanes of at least 4 members (excludes halogenated alkanes) is 4. The maximum absolute atomic E-state index is 10.7. The van der Waals surface area contributed by atoms with Gasteiger partial charge in [-0.3, -0.25) is 4.79 Å². The normalized spacial score (nSPS) is 10.0. The predicted octanol–water partition coefficient (Wildman–Crippen LogP) is 3.08. The molecule has 0 unspecified atom stereocenters. The van der Waals surface area contributed by atoms with Crippen molar-refractivity contribution in [2.45, 2.75) is 38.5 Å². The quantitative estimate of drug-likeness (QED) is 0.296. The van der Waals surface area contributed by atoms with Crippen molar-refractivity contribution in [2.24, 2.45) is 0 Å². The lowest BCUT2D eigenvalue weighted by Gasteiger charge is -1.99. The summed E-state index contributed by atoms with van der Waals surface area (Å²) < 4.78 is 4.54. The van der Waals surface area contributed by atoms with Crippen LogP contribution in [0.1, 0.15) is 38.5 Å². The summed E-state index contributed by atoms with van der Waals surface area (Å²) in [4.78, 5) is 10.7. The number of esters is 1. The minimum Gasteiger partial charge on any atom is -0.469 e. The van der Waals surface area contributed by atoms with E-state index in [1.54, 1.807) is 10.8 Å². The number of thiol groups is 1. The van der Waals surface area contributed by atoms with Gasteiger partial charge in [0.05, 0.1) is 7.11 Å². The second-order valence-corrected chi connectivity index (χ2v) is 4.37. The van der Waals surface area contributed by atoms with E-state index in [1.165, 1.54) is 26.4 Å². The molecule has 0 heterocycles. The molecule has 0 aromatic rings. The Balaban J connectivity index is 2.95. The van der Waals surface area contributed by atoms with Crippen LogP contribution in [0.4, 0.5) is 0 Å². The fraction of sp³-hybridized carbons (Fsp3) is 0.889. The molecule has 0 atom stereocenters. The highest BCUT2D eigenvalue weighted by molar-refractivity contribution is 8.68. The van der Waals surface area contributed by atoms with Gasteiger partial charge in [-0.1, -0.05) is 30.1 Å². The molecule has 13 heavy (non-hydrogen) atoms. The van der Waals surface area contributed by atoms with E-state index in [-0.39, 0.29) is 5.97 Å². The number of rotatable bonds is 8. The molecule has 0 saturated carbocycles. The van der Waals surface area contributed by atoms with Gasteiger partial charge in [-0.15, -0.1) is 11.7 Å². The maximum Gasteiger partial charge on any atom is 0.305 e. The highest BCUT2D eigenvalue weighted by Gasteiger charge is 1.98. The van der Waals surface area contributed by atoms with Gasteiger partial charge >= 0.3 is 5.97 Å². The van der Waals surface area contributed by atoms with E-state index in [1.807, 2.05) is 0 Å². The molecule has 0 aromatic carbocycles. The zero-order chi connectivity index (χ0) is 9.94. The van der Waals surface area contributed by atoms with E-state index in [9.17, 15) is 4.79 Å². The average molecular weight is 222 g/mol. The molecule has 2 nitrogen and oxygen atoms in total. The van der Waals surface area contributed by atoms with E-state index < -0.39 is 0 Å². The van der Waals surface area contributed by atoms with Crippen molar-refractivity contribution in [3.8, 4) is 0 Å². The van der Waals surface area contributed by atoms with Crippen molar-refractivity contribution in [3.63, 3.8) is 0 Å². The fourth-order valence-corrected chi connectivity index (χ4v) is 1.79. The third-order valence-corrected chi connectivity index (χ3v) is 2.86. The van der Waals surface area contributed by atoms with Crippen molar-refractivity contribution < 1.29 is 9.53 Å². The van der Waals surface area contributed by atoms with E-state index in [0.29, 0.717) is 6.42 Å². The van der Waals surface area contributed by atoms with Gasteiger partial charge in [-0.05, 0) is 12.8 Å². The molecular formula is C9H18O2S2. The van der Waals surface area contributed by atoms with Crippen LogP contribution in [-0.2, 0) is 9.53 Å². The SMILES string of the molecule is COC(=O)CCCCCCCSS. The second-order valence-electron chi connectivity index (χ2n) is 2.93. The van der Waals surface area contributed by atoms with Crippen molar-refractivity contribution in [3.05, 3.63) is 0 Å². The molecule has 0 aliphatic heterocycles. The van der Waals surface area contributed by atoms with Gasteiger partial charge in [0.1, 0.15) is 0 Å². The van der Waals surface area contributed by atoms with Crippen LogP contribution in [0.25, 0.3) is 0 Å². The topological polar surface area (TPSA) is 26.3 Å². The molecule has 78 valence electrons. The molecule has 0 aromatic heterocycles. The first-order valence-corrected chi connectivity index (χ1v) is 6.68. The summed E-state index contributed by atoms with van der Waals surface area (Å²) in [5, 5.41) is 0. The molecule has 0 spiro atoms. The summed E-state index contributed by atoms with van der Waals surface area (Å²) >= 11 is 4.06. The molecular weight excluding hydrogens is 204 g/mol. The van der Waals surface area contributed by atoms with Crippen LogP contribution < -0.4 is 0 Å². The Morgan fingerprint density at radius 1 is 1.23 bits per heavy atom. The van der Waals surface area contributed by atoms with Gasteiger partial charge in [0.15, 0.2) is 0 Å². The molecule has 0 fully saturated rings. The first-order valence-electron chi connectivity index (χ1n) is 4.64. The summed E-state index contributed by atoms with van der Waals surface area (Å²) in [7, 11) is 3.03. The highest BCUT2D eigenvalue weighted by Crippen LogP contribution is 2.11. The highest BCUT2D eigenvalue weighted by atomic mass is 33.1. The molecule has 0 bridgehead atoms. The lowest BCUT2D eigenvalue weighted by atomic mass is 10.1. The third kappa shape index (κ3) is 10.1. The van der Waals surface area contributed by atoms with Gasteiger partial charge in [0.2, 0.25) is 0 Å². The summed E-state index contributed by atoms with van der Waals surface area (Å²) in [5.41, 5.74) is 0. The van der Waals surface area contributed by atoms with Crippen LogP contribution in [0.5, 0.6) is 0 Å². The van der Waals surface area contributed by atoms with Gasteiger partial charge in [0, 0.05) is 12.2 Å².